The lowest BCUT2D eigenvalue weighted by molar-refractivity contribution is 0.0692. The Kier molecular flexibility index (Phi) is 5.72. The van der Waals surface area contributed by atoms with E-state index in [0.29, 0.717) is 19.1 Å². The number of nitrogens with one attached hydrogen (secondary N) is 2. The van der Waals surface area contributed by atoms with Gasteiger partial charge in [-0.25, -0.2) is 17.6 Å². The highest BCUT2D eigenvalue weighted by atomic mass is 32.2. The molecule has 1 aliphatic carbocycles. The molecule has 9 heteroatoms. The fourth-order valence-corrected chi connectivity index (χ4v) is 5.11. The Bertz CT molecular complexity index is 1160. The van der Waals surface area contributed by atoms with E-state index < -0.39 is 21.8 Å². The maximum Gasteiger partial charge on any atom is 0.341 e. The zero-order valence-corrected chi connectivity index (χ0v) is 17.7. The van der Waals surface area contributed by atoms with Gasteiger partial charge in [-0.15, -0.1) is 0 Å². The summed E-state index contributed by atoms with van der Waals surface area (Å²) >= 11 is 0. The van der Waals surface area contributed by atoms with Gasteiger partial charge in [0.15, 0.2) is 0 Å². The summed E-state index contributed by atoms with van der Waals surface area (Å²) in [6, 6.07) is 6.50. The van der Waals surface area contributed by atoms with E-state index in [1.807, 2.05) is 6.92 Å². The number of carboxylic acids is 1. The number of likely N-dealkylation sites (N-methyl/N-ethyl adjacent to an activating group) is 1. The smallest absolute Gasteiger partial charge is 0.341 e. The zero-order chi connectivity index (χ0) is 22.2. The van der Waals surface area contributed by atoms with Crippen LogP contribution in [0.15, 0.2) is 41.3 Å². The SMILES string of the molecule is CCNC/C=C\c1cc(F)ccc1S(=O)(=O)Nc1ccc2c(c1C(=O)O)OCC1CC21. The van der Waals surface area contributed by atoms with Crippen LogP contribution in [0.1, 0.15) is 40.7 Å². The molecular formula is C22H23FN2O5S. The number of rotatable bonds is 8. The maximum absolute atomic E-state index is 13.8. The van der Waals surface area contributed by atoms with Gasteiger partial charge in [0, 0.05) is 12.5 Å². The first kappa shape index (κ1) is 21.3. The number of halogens is 1. The summed E-state index contributed by atoms with van der Waals surface area (Å²) in [5.41, 5.74) is 0.665. The van der Waals surface area contributed by atoms with Gasteiger partial charge in [-0.1, -0.05) is 25.1 Å². The van der Waals surface area contributed by atoms with Crippen molar-refractivity contribution in [2.45, 2.75) is 24.2 Å². The maximum atomic E-state index is 13.8. The number of fused-ring (bicyclic) bond motifs is 3. The number of aromatic carboxylic acids is 1. The van der Waals surface area contributed by atoms with Gasteiger partial charge in [-0.3, -0.25) is 4.72 Å². The minimum Gasteiger partial charge on any atom is -0.492 e. The van der Waals surface area contributed by atoms with Gasteiger partial charge in [0.25, 0.3) is 10.0 Å². The highest BCUT2D eigenvalue weighted by molar-refractivity contribution is 7.92. The molecule has 2 unspecified atom stereocenters. The molecule has 31 heavy (non-hydrogen) atoms. The Balaban J connectivity index is 1.70. The van der Waals surface area contributed by atoms with E-state index in [1.54, 1.807) is 12.1 Å². The molecule has 0 saturated heterocycles. The summed E-state index contributed by atoms with van der Waals surface area (Å²) in [7, 11) is -4.20. The molecule has 0 amide bonds. The third kappa shape index (κ3) is 4.28. The second-order valence-corrected chi connectivity index (χ2v) is 9.27. The van der Waals surface area contributed by atoms with E-state index in [4.69, 9.17) is 4.74 Å². The molecule has 4 rings (SSSR count). The Morgan fingerprint density at radius 2 is 2.13 bits per heavy atom. The van der Waals surface area contributed by atoms with E-state index in [9.17, 15) is 22.7 Å². The van der Waals surface area contributed by atoms with E-state index >= 15 is 0 Å². The topological polar surface area (TPSA) is 105 Å². The largest absolute Gasteiger partial charge is 0.492 e. The van der Waals surface area contributed by atoms with Crippen molar-refractivity contribution in [3.63, 3.8) is 0 Å². The average Bonchev–Trinajstić information content (AvgIpc) is 3.50. The van der Waals surface area contributed by atoms with Crippen molar-refractivity contribution >= 4 is 27.8 Å². The van der Waals surface area contributed by atoms with Crippen LogP contribution in [-0.4, -0.2) is 39.2 Å². The normalized spacial score (nSPS) is 19.4. The molecular weight excluding hydrogens is 423 g/mol. The van der Waals surface area contributed by atoms with Crippen LogP contribution in [0.25, 0.3) is 6.08 Å². The number of carboxylic acid groups (broad SMARTS) is 1. The van der Waals surface area contributed by atoms with Crippen molar-refractivity contribution in [2.75, 3.05) is 24.4 Å². The second kappa shape index (κ2) is 8.32. The minimum atomic E-state index is -4.20. The summed E-state index contributed by atoms with van der Waals surface area (Å²) in [4.78, 5) is 11.8. The molecule has 2 atom stereocenters. The molecule has 2 aliphatic rings. The monoisotopic (exact) mass is 446 g/mol. The Labute approximate surface area is 180 Å². The molecule has 1 saturated carbocycles. The first-order chi connectivity index (χ1) is 14.8. The van der Waals surface area contributed by atoms with E-state index in [2.05, 4.69) is 10.0 Å². The summed E-state index contributed by atoms with van der Waals surface area (Å²) in [6.45, 7) is 3.59. The molecule has 1 heterocycles. The number of hydrogen-bond acceptors (Lipinski definition) is 5. The van der Waals surface area contributed by atoms with Crippen molar-refractivity contribution in [3.05, 3.63) is 58.9 Å². The van der Waals surface area contributed by atoms with Gasteiger partial charge < -0.3 is 15.2 Å². The van der Waals surface area contributed by atoms with Gasteiger partial charge in [0.05, 0.1) is 17.2 Å². The van der Waals surface area contributed by atoms with Gasteiger partial charge >= 0.3 is 5.97 Å². The molecule has 2 aromatic rings. The molecule has 2 aromatic carbocycles. The van der Waals surface area contributed by atoms with Gasteiger partial charge in [0.2, 0.25) is 0 Å². The van der Waals surface area contributed by atoms with Crippen LogP contribution in [0.3, 0.4) is 0 Å². The minimum absolute atomic E-state index is 0.0859. The fourth-order valence-electron chi connectivity index (χ4n) is 3.85. The van der Waals surface area contributed by atoms with Crippen LogP contribution in [0.5, 0.6) is 5.75 Å². The number of sulfonamides is 1. The van der Waals surface area contributed by atoms with Crippen molar-refractivity contribution in [3.8, 4) is 5.75 Å². The molecule has 1 fully saturated rings. The second-order valence-electron chi connectivity index (χ2n) is 7.62. The molecule has 1 aliphatic heterocycles. The van der Waals surface area contributed by atoms with Crippen molar-refractivity contribution < 1.29 is 27.4 Å². The predicted molar refractivity (Wildman–Crippen MR) is 115 cm³/mol. The van der Waals surface area contributed by atoms with Crippen LogP contribution < -0.4 is 14.8 Å². The van der Waals surface area contributed by atoms with Crippen molar-refractivity contribution in [2.24, 2.45) is 5.92 Å². The highest BCUT2D eigenvalue weighted by Gasteiger charge is 2.45. The van der Waals surface area contributed by atoms with Crippen LogP contribution in [0.4, 0.5) is 10.1 Å². The fraction of sp³-hybridized carbons (Fsp3) is 0.318. The third-order valence-electron chi connectivity index (χ3n) is 5.48. The number of benzene rings is 2. The summed E-state index contributed by atoms with van der Waals surface area (Å²) in [6.07, 6.45) is 4.15. The standard InChI is InChI=1S/C22H23FN2O5S/c1-2-24-9-3-4-13-10-15(23)5-8-19(13)31(28,29)25-18-7-6-16-17-11-14(17)12-30-21(16)20(18)22(26)27/h3-8,10,14,17,24-25H,2,9,11-12H2,1H3,(H,26,27)/b4-3-. The summed E-state index contributed by atoms with van der Waals surface area (Å²) < 4.78 is 48.0. The quantitative estimate of drug-likeness (QED) is 0.537. The summed E-state index contributed by atoms with van der Waals surface area (Å²) in [5.74, 6) is -0.977. The van der Waals surface area contributed by atoms with E-state index in [1.165, 1.54) is 12.1 Å². The van der Waals surface area contributed by atoms with Crippen LogP contribution in [0.2, 0.25) is 0 Å². The third-order valence-corrected chi connectivity index (χ3v) is 6.92. The lowest BCUT2D eigenvalue weighted by atomic mass is 10.0. The first-order valence-corrected chi connectivity index (χ1v) is 11.5. The number of carbonyl (C=O) groups is 1. The lowest BCUT2D eigenvalue weighted by Crippen LogP contribution is -2.19. The number of anilines is 1. The molecule has 0 aromatic heterocycles. The van der Waals surface area contributed by atoms with Crippen molar-refractivity contribution in [1.29, 1.82) is 0 Å². The van der Waals surface area contributed by atoms with Gasteiger partial charge in [-0.05, 0) is 54.3 Å². The molecule has 7 nitrogen and oxygen atoms in total. The average molecular weight is 447 g/mol. The van der Waals surface area contributed by atoms with E-state index in [0.717, 1.165) is 36.7 Å². The number of ether oxygens (including phenoxy) is 1. The highest BCUT2D eigenvalue weighted by Crippen LogP contribution is 2.55. The Morgan fingerprint density at radius 1 is 1.32 bits per heavy atom. The van der Waals surface area contributed by atoms with Gasteiger partial charge in [0.1, 0.15) is 17.1 Å². The van der Waals surface area contributed by atoms with E-state index in [-0.39, 0.29) is 33.4 Å². The Morgan fingerprint density at radius 3 is 2.87 bits per heavy atom. The molecule has 0 bridgehead atoms. The molecule has 0 radical (unpaired) electrons. The molecule has 3 N–H and O–H groups in total. The molecule has 0 spiro atoms. The lowest BCUT2D eigenvalue weighted by Gasteiger charge is -2.21. The first-order valence-electron chi connectivity index (χ1n) is 10.0. The summed E-state index contributed by atoms with van der Waals surface area (Å²) in [5, 5.41) is 12.8. The Hall–Kier alpha value is -2.91. The zero-order valence-electron chi connectivity index (χ0n) is 16.9. The van der Waals surface area contributed by atoms with Crippen LogP contribution in [-0.2, 0) is 10.0 Å². The van der Waals surface area contributed by atoms with Crippen LogP contribution in [0, 0.1) is 11.7 Å². The van der Waals surface area contributed by atoms with Gasteiger partial charge in [-0.2, -0.15) is 0 Å². The predicted octanol–water partition coefficient (Wildman–Crippen LogP) is 3.44. The van der Waals surface area contributed by atoms with Crippen LogP contribution >= 0.6 is 0 Å². The molecule has 164 valence electrons. The van der Waals surface area contributed by atoms with Crippen molar-refractivity contribution in [1.82, 2.24) is 5.32 Å². The number of hydrogen-bond donors (Lipinski definition) is 3.